The van der Waals surface area contributed by atoms with E-state index in [1.54, 1.807) is 18.4 Å². The molecule has 1 amide bonds. The van der Waals surface area contributed by atoms with Crippen LogP contribution in [0.2, 0.25) is 0 Å². The Hall–Kier alpha value is -0.910. The summed E-state index contributed by atoms with van der Waals surface area (Å²) in [5.41, 5.74) is 2.34. The maximum absolute atomic E-state index is 11.2. The van der Waals surface area contributed by atoms with Crippen LogP contribution in [-0.2, 0) is 20.8 Å². The average molecular weight is 215 g/mol. The van der Waals surface area contributed by atoms with E-state index in [2.05, 4.69) is 5.48 Å². The monoisotopic (exact) mass is 215 g/mol. The zero-order chi connectivity index (χ0) is 10.2. The molecule has 1 heterocycles. The third-order valence-electron chi connectivity index (χ3n) is 1.49. The number of nitrogens with one attached hydrogen (secondary N) is 1. The van der Waals surface area contributed by atoms with Crippen molar-refractivity contribution in [3.63, 3.8) is 0 Å². The van der Waals surface area contributed by atoms with Gasteiger partial charge in [-0.3, -0.25) is 9.63 Å². The third kappa shape index (κ3) is 4.36. The van der Waals surface area contributed by atoms with Crippen molar-refractivity contribution in [3.05, 3.63) is 22.4 Å². The molecule has 4 nitrogen and oxygen atoms in total. The van der Waals surface area contributed by atoms with Crippen molar-refractivity contribution in [2.24, 2.45) is 0 Å². The summed E-state index contributed by atoms with van der Waals surface area (Å²) >= 11 is 1.55. The van der Waals surface area contributed by atoms with Crippen molar-refractivity contribution in [1.82, 2.24) is 5.48 Å². The molecule has 1 aromatic heterocycles. The molecule has 0 spiro atoms. The van der Waals surface area contributed by atoms with E-state index in [0.29, 0.717) is 19.6 Å². The smallest absolute Gasteiger partial charge is 0.248 e. The molecule has 1 aromatic rings. The van der Waals surface area contributed by atoms with Crippen molar-refractivity contribution in [2.45, 2.75) is 6.42 Å². The first-order valence-corrected chi connectivity index (χ1v) is 5.13. The van der Waals surface area contributed by atoms with Crippen LogP contribution in [0.15, 0.2) is 17.5 Å². The highest BCUT2D eigenvalue weighted by atomic mass is 32.1. The first-order valence-electron chi connectivity index (χ1n) is 4.25. The van der Waals surface area contributed by atoms with Gasteiger partial charge in [-0.2, -0.15) is 0 Å². The largest absolute Gasteiger partial charge is 0.382 e. The lowest BCUT2D eigenvalue weighted by Crippen LogP contribution is -2.26. The van der Waals surface area contributed by atoms with E-state index in [0.717, 1.165) is 4.88 Å². The maximum Gasteiger partial charge on any atom is 0.248 e. The van der Waals surface area contributed by atoms with Gasteiger partial charge in [0.2, 0.25) is 5.91 Å². The Labute approximate surface area is 86.8 Å². The lowest BCUT2D eigenvalue weighted by Gasteiger charge is -2.03. The fourth-order valence-corrected chi connectivity index (χ4v) is 1.57. The van der Waals surface area contributed by atoms with E-state index in [-0.39, 0.29) is 5.91 Å². The molecule has 0 aliphatic carbocycles. The van der Waals surface area contributed by atoms with Gasteiger partial charge >= 0.3 is 0 Å². The molecule has 0 radical (unpaired) electrons. The first-order chi connectivity index (χ1) is 6.83. The second-order valence-electron chi connectivity index (χ2n) is 2.62. The fourth-order valence-electron chi connectivity index (χ4n) is 0.864. The maximum atomic E-state index is 11.2. The standard InChI is InChI=1S/C9H13NO3S/c1-12-4-5-13-10-9(11)7-8-3-2-6-14-8/h2-3,6H,4-5,7H2,1H3,(H,10,11). The molecule has 1 N–H and O–H groups in total. The molecule has 0 aliphatic heterocycles. The van der Waals surface area contributed by atoms with E-state index < -0.39 is 0 Å². The van der Waals surface area contributed by atoms with E-state index in [9.17, 15) is 4.79 Å². The van der Waals surface area contributed by atoms with E-state index in [1.807, 2.05) is 17.5 Å². The van der Waals surface area contributed by atoms with E-state index in [1.165, 1.54) is 0 Å². The summed E-state index contributed by atoms with van der Waals surface area (Å²) in [6, 6.07) is 3.83. The highest BCUT2D eigenvalue weighted by molar-refractivity contribution is 7.10. The normalized spacial score (nSPS) is 10.1. The number of hydroxylamine groups is 1. The molecular formula is C9H13NO3S. The molecule has 0 bridgehead atoms. The molecule has 0 aliphatic rings. The van der Waals surface area contributed by atoms with Gasteiger partial charge in [-0.1, -0.05) is 6.07 Å². The average Bonchev–Trinajstić information content (AvgIpc) is 2.65. The van der Waals surface area contributed by atoms with Gasteiger partial charge in [0.1, 0.15) is 0 Å². The number of rotatable bonds is 6. The summed E-state index contributed by atoms with van der Waals surface area (Å²) in [6.07, 6.45) is 0.366. The molecular weight excluding hydrogens is 202 g/mol. The molecule has 0 atom stereocenters. The van der Waals surface area contributed by atoms with Gasteiger partial charge in [-0.05, 0) is 11.4 Å². The molecule has 0 saturated heterocycles. The summed E-state index contributed by atoms with van der Waals surface area (Å²) in [6.45, 7) is 0.839. The predicted octanol–water partition coefficient (Wildman–Crippen LogP) is 0.985. The van der Waals surface area contributed by atoms with Crippen LogP contribution in [-0.4, -0.2) is 26.2 Å². The van der Waals surface area contributed by atoms with Gasteiger partial charge in [0.15, 0.2) is 0 Å². The number of carbonyl (C=O) groups is 1. The minimum absolute atomic E-state index is 0.136. The quantitative estimate of drug-likeness (QED) is 0.568. The molecule has 0 aromatic carbocycles. The van der Waals surface area contributed by atoms with Crippen LogP contribution in [0.4, 0.5) is 0 Å². The summed E-state index contributed by atoms with van der Waals surface area (Å²) in [7, 11) is 1.58. The summed E-state index contributed by atoms with van der Waals surface area (Å²) < 4.78 is 4.76. The van der Waals surface area contributed by atoms with Crippen molar-refractivity contribution < 1.29 is 14.4 Å². The molecule has 1 rings (SSSR count). The Morgan fingerprint density at radius 2 is 2.43 bits per heavy atom. The summed E-state index contributed by atoms with van der Waals surface area (Å²) in [4.78, 5) is 17.1. The summed E-state index contributed by atoms with van der Waals surface area (Å²) in [5.74, 6) is -0.136. The van der Waals surface area contributed by atoms with E-state index >= 15 is 0 Å². The number of amides is 1. The van der Waals surface area contributed by atoms with Crippen LogP contribution in [0.3, 0.4) is 0 Å². The number of hydrogen-bond donors (Lipinski definition) is 1. The Kier molecular flexibility index (Phi) is 5.21. The van der Waals surface area contributed by atoms with Crippen molar-refractivity contribution >= 4 is 17.2 Å². The highest BCUT2D eigenvalue weighted by Crippen LogP contribution is 2.08. The number of hydrogen-bond acceptors (Lipinski definition) is 4. The van der Waals surface area contributed by atoms with Gasteiger partial charge in [-0.25, -0.2) is 5.48 Å². The van der Waals surface area contributed by atoms with Crippen LogP contribution < -0.4 is 5.48 Å². The van der Waals surface area contributed by atoms with Crippen molar-refractivity contribution in [3.8, 4) is 0 Å². The molecule has 14 heavy (non-hydrogen) atoms. The second-order valence-corrected chi connectivity index (χ2v) is 3.65. The van der Waals surface area contributed by atoms with Crippen LogP contribution in [0.5, 0.6) is 0 Å². The minimum atomic E-state index is -0.136. The Morgan fingerprint density at radius 3 is 3.07 bits per heavy atom. The number of thiophene rings is 1. The highest BCUT2D eigenvalue weighted by Gasteiger charge is 2.03. The van der Waals surface area contributed by atoms with Gasteiger partial charge < -0.3 is 4.74 Å². The third-order valence-corrected chi connectivity index (χ3v) is 2.37. The van der Waals surface area contributed by atoms with Crippen LogP contribution >= 0.6 is 11.3 Å². The zero-order valence-corrected chi connectivity index (χ0v) is 8.80. The molecule has 5 heteroatoms. The van der Waals surface area contributed by atoms with Crippen molar-refractivity contribution in [2.75, 3.05) is 20.3 Å². The van der Waals surface area contributed by atoms with Gasteiger partial charge in [0.25, 0.3) is 0 Å². The topological polar surface area (TPSA) is 47.6 Å². The Morgan fingerprint density at radius 1 is 1.57 bits per heavy atom. The number of methoxy groups -OCH3 is 1. The minimum Gasteiger partial charge on any atom is -0.382 e. The predicted molar refractivity (Wildman–Crippen MR) is 54.0 cm³/mol. The number of ether oxygens (including phenoxy) is 1. The van der Waals surface area contributed by atoms with Gasteiger partial charge in [0.05, 0.1) is 19.6 Å². The van der Waals surface area contributed by atoms with Crippen LogP contribution in [0, 0.1) is 0 Å². The zero-order valence-electron chi connectivity index (χ0n) is 7.99. The molecule has 0 fully saturated rings. The van der Waals surface area contributed by atoms with Gasteiger partial charge in [-0.15, -0.1) is 11.3 Å². The Bertz CT molecular complexity index is 261. The first kappa shape index (κ1) is 11.2. The second kappa shape index (κ2) is 6.53. The van der Waals surface area contributed by atoms with Crippen molar-refractivity contribution in [1.29, 1.82) is 0 Å². The van der Waals surface area contributed by atoms with Gasteiger partial charge in [0, 0.05) is 12.0 Å². The summed E-state index contributed by atoms with van der Waals surface area (Å²) in [5, 5.41) is 1.94. The lowest BCUT2D eigenvalue weighted by atomic mass is 10.3. The SMILES string of the molecule is COCCONC(=O)Cc1cccs1. The molecule has 78 valence electrons. The van der Waals surface area contributed by atoms with Crippen LogP contribution in [0.1, 0.15) is 4.88 Å². The molecule has 0 saturated carbocycles. The molecule has 0 unspecified atom stereocenters. The fraction of sp³-hybridized carbons (Fsp3) is 0.444. The Balaban J connectivity index is 2.11. The van der Waals surface area contributed by atoms with E-state index in [4.69, 9.17) is 9.57 Å². The lowest BCUT2D eigenvalue weighted by molar-refractivity contribution is -0.133. The van der Waals surface area contributed by atoms with Crippen LogP contribution in [0.25, 0.3) is 0 Å². The number of carbonyl (C=O) groups excluding carboxylic acids is 1.